The Balaban J connectivity index is 1.83. The molecule has 2 aromatic heterocycles. The summed E-state index contributed by atoms with van der Waals surface area (Å²) in [4.78, 5) is 12.5. The molecule has 0 aromatic carbocycles. The Morgan fingerprint density at radius 2 is 2.21 bits per heavy atom. The number of anilines is 1. The first-order chi connectivity index (χ1) is 9.17. The number of nitrogens with two attached hydrogens (primary N) is 1. The largest absolute Gasteiger partial charge is 0.396 e. The van der Waals surface area contributed by atoms with Crippen molar-refractivity contribution < 1.29 is 10.2 Å². The van der Waals surface area contributed by atoms with Crippen LogP contribution in [-0.2, 0) is 5.54 Å². The standard InChI is InChI=1S/C12H15N5O2/c13-10-9-11(15-4-14-10)17(5-16-9)12-1-7(12)6(3-18)8(19)2-12/h4-8,18-19H,1-3H2,(H2,13,14,15)/t6-,7-,8-,12+/m0/s1. The number of hydrogen-bond acceptors (Lipinski definition) is 6. The van der Waals surface area contributed by atoms with Gasteiger partial charge in [-0.2, -0.15) is 0 Å². The van der Waals surface area contributed by atoms with Crippen LogP contribution in [0, 0.1) is 11.8 Å². The highest BCUT2D eigenvalue weighted by atomic mass is 16.3. The van der Waals surface area contributed by atoms with E-state index in [0.29, 0.717) is 29.3 Å². The van der Waals surface area contributed by atoms with E-state index < -0.39 is 6.10 Å². The van der Waals surface area contributed by atoms with Gasteiger partial charge in [0.05, 0.1) is 18.0 Å². The van der Waals surface area contributed by atoms with E-state index in [0.717, 1.165) is 6.42 Å². The first kappa shape index (κ1) is 11.1. The zero-order valence-corrected chi connectivity index (χ0v) is 10.3. The second-order valence-electron chi connectivity index (χ2n) is 5.58. The van der Waals surface area contributed by atoms with Gasteiger partial charge in [0.15, 0.2) is 11.5 Å². The van der Waals surface area contributed by atoms with E-state index in [2.05, 4.69) is 15.0 Å². The van der Waals surface area contributed by atoms with Crippen LogP contribution in [0.3, 0.4) is 0 Å². The normalized spacial score (nSPS) is 36.6. The molecule has 4 rings (SSSR count). The van der Waals surface area contributed by atoms with Crippen molar-refractivity contribution in [1.29, 1.82) is 0 Å². The lowest BCUT2D eigenvalue weighted by Crippen LogP contribution is -2.22. The fourth-order valence-corrected chi connectivity index (χ4v) is 3.69. The summed E-state index contributed by atoms with van der Waals surface area (Å²) < 4.78 is 2.00. The fourth-order valence-electron chi connectivity index (χ4n) is 3.69. The molecule has 0 radical (unpaired) electrons. The van der Waals surface area contributed by atoms with E-state index in [9.17, 15) is 10.2 Å². The van der Waals surface area contributed by atoms with Crippen molar-refractivity contribution in [1.82, 2.24) is 19.5 Å². The minimum Gasteiger partial charge on any atom is -0.396 e. The molecule has 0 aliphatic heterocycles. The molecule has 4 N–H and O–H groups in total. The van der Waals surface area contributed by atoms with Crippen molar-refractivity contribution in [2.45, 2.75) is 24.5 Å². The van der Waals surface area contributed by atoms with Crippen LogP contribution in [0.5, 0.6) is 0 Å². The number of rotatable bonds is 2. The predicted octanol–water partition coefficient (Wildman–Crippen LogP) is -0.503. The summed E-state index contributed by atoms with van der Waals surface area (Å²) in [6, 6.07) is 0. The van der Waals surface area contributed by atoms with Crippen LogP contribution in [0.15, 0.2) is 12.7 Å². The van der Waals surface area contributed by atoms with Crippen LogP contribution in [0.4, 0.5) is 5.82 Å². The minimum absolute atomic E-state index is 0.0251. The van der Waals surface area contributed by atoms with Crippen molar-refractivity contribution in [2.75, 3.05) is 12.3 Å². The van der Waals surface area contributed by atoms with Gasteiger partial charge < -0.3 is 20.5 Å². The third kappa shape index (κ3) is 1.26. The number of aliphatic hydroxyl groups is 2. The molecule has 0 bridgehead atoms. The average molecular weight is 261 g/mol. The molecule has 19 heavy (non-hydrogen) atoms. The van der Waals surface area contributed by atoms with E-state index in [1.807, 2.05) is 4.57 Å². The summed E-state index contributed by atoms with van der Waals surface area (Å²) in [6.45, 7) is 0.0251. The van der Waals surface area contributed by atoms with Crippen LogP contribution in [-0.4, -0.2) is 42.4 Å². The van der Waals surface area contributed by atoms with Gasteiger partial charge in [0.1, 0.15) is 11.8 Å². The molecule has 2 aromatic rings. The molecular weight excluding hydrogens is 246 g/mol. The molecule has 2 heterocycles. The van der Waals surface area contributed by atoms with Crippen molar-refractivity contribution in [3.05, 3.63) is 12.7 Å². The molecule has 0 unspecified atom stereocenters. The van der Waals surface area contributed by atoms with E-state index in [1.54, 1.807) is 6.33 Å². The number of nitrogens with zero attached hydrogens (tertiary/aromatic N) is 4. The Morgan fingerprint density at radius 1 is 1.37 bits per heavy atom. The Labute approximate surface area is 109 Å². The fraction of sp³-hybridized carbons (Fsp3) is 0.583. The van der Waals surface area contributed by atoms with E-state index in [4.69, 9.17) is 5.73 Å². The first-order valence-corrected chi connectivity index (χ1v) is 6.40. The molecule has 2 saturated carbocycles. The lowest BCUT2D eigenvalue weighted by molar-refractivity contribution is 0.0716. The van der Waals surface area contributed by atoms with Crippen molar-refractivity contribution in [3.63, 3.8) is 0 Å². The van der Waals surface area contributed by atoms with Gasteiger partial charge in [0.2, 0.25) is 0 Å². The van der Waals surface area contributed by atoms with Gasteiger partial charge in [0, 0.05) is 12.5 Å². The average Bonchev–Trinajstić information content (AvgIpc) is 2.83. The maximum absolute atomic E-state index is 10.0. The van der Waals surface area contributed by atoms with Crippen LogP contribution >= 0.6 is 0 Å². The maximum atomic E-state index is 10.0. The monoisotopic (exact) mass is 261 g/mol. The Hall–Kier alpha value is -1.73. The SMILES string of the molecule is Nc1ncnc2c1ncn2[C@]12C[C@H](O)[C@@H](CO)[C@@H]1C2. The van der Waals surface area contributed by atoms with Crippen molar-refractivity contribution >= 4 is 17.0 Å². The van der Waals surface area contributed by atoms with Gasteiger partial charge in [-0.15, -0.1) is 0 Å². The molecule has 0 saturated heterocycles. The number of aliphatic hydroxyl groups excluding tert-OH is 2. The van der Waals surface area contributed by atoms with Crippen LogP contribution in [0.2, 0.25) is 0 Å². The topological polar surface area (TPSA) is 110 Å². The molecular formula is C12H15N5O2. The van der Waals surface area contributed by atoms with Gasteiger partial charge in [-0.25, -0.2) is 15.0 Å². The number of hydrogen-bond donors (Lipinski definition) is 3. The second-order valence-corrected chi connectivity index (χ2v) is 5.58. The quantitative estimate of drug-likeness (QED) is 0.672. The summed E-state index contributed by atoms with van der Waals surface area (Å²) in [5.41, 5.74) is 6.95. The number of aromatic nitrogens is 4. The highest BCUT2D eigenvalue weighted by molar-refractivity contribution is 5.81. The van der Waals surface area contributed by atoms with Crippen LogP contribution < -0.4 is 5.73 Å². The summed E-state index contributed by atoms with van der Waals surface area (Å²) in [5, 5.41) is 19.4. The number of imidazole rings is 1. The molecule has 2 aliphatic carbocycles. The van der Waals surface area contributed by atoms with Gasteiger partial charge >= 0.3 is 0 Å². The van der Waals surface area contributed by atoms with E-state index >= 15 is 0 Å². The summed E-state index contributed by atoms with van der Waals surface area (Å²) >= 11 is 0. The zero-order chi connectivity index (χ0) is 13.2. The highest BCUT2D eigenvalue weighted by Crippen LogP contribution is 2.64. The summed E-state index contributed by atoms with van der Waals surface area (Å²) in [7, 11) is 0. The molecule has 7 nitrogen and oxygen atoms in total. The summed E-state index contributed by atoms with van der Waals surface area (Å²) in [6.07, 6.45) is 4.28. The second kappa shape index (κ2) is 3.43. The highest BCUT2D eigenvalue weighted by Gasteiger charge is 2.66. The van der Waals surface area contributed by atoms with Gasteiger partial charge in [0.25, 0.3) is 0 Å². The van der Waals surface area contributed by atoms with Crippen LogP contribution in [0.25, 0.3) is 11.2 Å². The smallest absolute Gasteiger partial charge is 0.165 e. The summed E-state index contributed by atoms with van der Waals surface area (Å²) in [5.74, 6) is 0.618. The molecule has 2 aliphatic rings. The van der Waals surface area contributed by atoms with Gasteiger partial charge in [-0.3, -0.25) is 0 Å². The Kier molecular flexibility index (Phi) is 2.01. The lowest BCUT2D eigenvalue weighted by atomic mass is 10.0. The molecule has 7 heteroatoms. The predicted molar refractivity (Wildman–Crippen MR) is 67.0 cm³/mol. The van der Waals surface area contributed by atoms with Crippen LogP contribution in [0.1, 0.15) is 12.8 Å². The number of fused-ring (bicyclic) bond motifs is 2. The maximum Gasteiger partial charge on any atom is 0.165 e. The van der Waals surface area contributed by atoms with Gasteiger partial charge in [-0.05, 0) is 18.8 Å². The third-order valence-corrected chi connectivity index (χ3v) is 4.73. The molecule has 0 spiro atoms. The molecule has 0 amide bonds. The number of nitrogen functional groups attached to an aromatic ring is 1. The minimum atomic E-state index is -0.458. The van der Waals surface area contributed by atoms with Crippen molar-refractivity contribution in [2.24, 2.45) is 11.8 Å². The first-order valence-electron chi connectivity index (χ1n) is 6.40. The molecule has 2 fully saturated rings. The molecule has 4 atom stereocenters. The third-order valence-electron chi connectivity index (χ3n) is 4.73. The lowest BCUT2D eigenvalue weighted by Gasteiger charge is -2.16. The van der Waals surface area contributed by atoms with E-state index in [1.165, 1.54) is 6.33 Å². The zero-order valence-electron chi connectivity index (χ0n) is 10.3. The van der Waals surface area contributed by atoms with Crippen molar-refractivity contribution in [3.8, 4) is 0 Å². The Morgan fingerprint density at radius 3 is 2.95 bits per heavy atom. The van der Waals surface area contributed by atoms with Gasteiger partial charge in [-0.1, -0.05) is 0 Å². The Bertz CT molecular complexity index is 657. The molecule has 100 valence electrons. The van der Waals surface area contributed by atoms with E-state index in [-0.39, 0.29) is 18.1 Å².